The first kappa shape index (κ1) is 37.6. The van der Waals surface area contributed by atoms with Crippen LogP contribution in [0, 0.1) is 0 Å². The van der Waals surface area contributed by atoms with Gasteiger partial charge in [0, 0.05) is 39.4 Å². The summed E-state index contributed by atoms with van der Waals surface area (Å²) in [5.41, 5.74) is 14.4. The lowest BCUT2D eigenvalue weighted by Gasteiger charge is -2.39. The van der Waals surface area contributed by atoms with Crippen molar-refractivity contribution in [2.75, 3.05) is 9.80 Å². The van der Waals surface area contributed by atoms with Crippen LogP contribution in [0.25, 0.3) is 11.1 Å². The molecular weight excluding hydrogens is 729 g/mol. The van der Waals surface area contributed by atoms with Crippen molar-refractivity contribution in [1.82, 2.24) is 0 Å². The molecule has 0 N–H and O–H groups in total. The number of para-hydroxylation sites is 2. The van der Waals surface area contributed by atoms with Gasteiger partial charge in [0.2, 0.25) is 0 Å². The Balaban J connectivity index is 1.05. The van der Waals surface area contributed by atoms with Crippen LogP contribution in [0.5, 0.6) is 0 Å². The molecule has 0 radical (unpaired) electrons. The van der Waals surface area contributed by atoms with E-state index in [-0.39, 0.29) is 5.41 Å². The molecule has 0 amide bonds. The maximum atomic E-state index is 2.56. The van der Waals surface area contributed by atoms with Gasteiger partial charge < -0.3 is 9.80 Å². The van der Waals surface area contributed by atoms with E-state index in [1.807, 2.05) is 0 Å². The number of hydrogen-bond donors (Lipinski definition) is 0. The van der Waals surface area contributed by atoms with Gasteiger partial charge in [-0.05, 0) is 131 Å². The number of anilines is 6. The third-order valence-electron chi connectivity index (χ3n) is 14.1. The molecule has 7 aromatic carbocycles. The van der Waals surface area contributed by atoms with E-state index in [4.69, 9.17) is 0 Å². The summed E-state index contributed by atoms with van der Waals surface area (Å²) in [6, 6.07) is 66.8. The van der Waals surface area contributed by atoms with Crippen LogP contribution < -0.4 is 20.2 Å². The van der Waals surface area contributed by atoms with E-state index in [1.54, 1.807) is 10.4 Å². The minimum Gasteiger partial charge on any atom is -0.311 e. The number of fused-ring (bicyclic) bond motifs is 3. The van der Waals surface area contributed by atoms with E-state index >= 15 is 0 Å². The van der Waals surface area contributed by atoms with Crippen LogP contribution >= 0.6 is 0 Å². The smallest absolute Gasteiger partial charge is 0.113 e. The Labute approximate surface area is 353 Å². The van der Waals surface area contributed by atoms with Gasteiger partial charge in [-0.2, -0.15) is 0 Å². The zero-order chi connectivity index (χ0) is 39.8. The molecule has 0 spiro atoms. The van der Waals surface area contributed by atoms with Crippen LogP contribution in [0.1, 0.15) is 86.8 Å². The van der Waals surface area contributed by atoms with Crippen molar-refractivity contribution < 1.29 is 0 Å². The molecule has 59 heavy (non-hydrogen) atoms. The largest absolute Gasteiger partial charge is 0.311 e. The monoisotopic (exact) mass is 784 g/mol. The van der Waals surface area contributed by atoms with Gasteiger partial charge in [-0.3, -0.25) is 0 Å². The summed E-state index contributed by atoms with van der Waals surface area (Å²) in [5.74, 6) is 0.686. The average Bonchev–Trinajstić information content (AvgIpc) is 3.55. The molecule has 3 aliphatic rings. The van der Waals surface area contributed by atoms with Gasteiger partial charge in [0.1, 0.15) is 8.07 Å². The topological polar surface area (TPSA) is 6.48 Å². The molecule has 2 aliphatic carbocycles. The summed E-state index contributed by atoms with van der Waals surface area (Å²) in [6.45, 7) is 5.05. The minimum absolute atomic E-state index is 0.0192. The quantitative estimate of drug-likeness (QED) is 0.135. The molecule has 0 bridgehead atoms. The highest BCUT2D eigenvalue weighted by atomic mass is 28.3. The Hall–Kier alpha value is -5.64. The first-order valence-corrected chi connectivity index (χ1v) is 25.3. The normalized spacial score (nSPS) is 16.8. The standard InChI is InChI=1S/C56H56N2Si/c1-59(2)53-26-14-13-24-51(53)55-52(25-17-27-54(55)59)58(49-34-28-43(29-35-49)42-18-7-3-8-19-42)50-38-32-45(33-39-50)56(40-15-6-16-41-56)44-30-36-48(37-31-44)57(46-20-9-4-10-21-46)47-22-11-5-12-23-47/h4-5,9-14,17,20-39,42H,3,6-8,15-16,18-19,40-41H2,1-2H3. The van der Waals surface area contributed by atoms with Crippen LogP contribution in [0.2, 0.25) is 13.1 Å². The molecule has 2 fully saturated rings. The highest BCUT2D eigenvalue weighted by Crippen LogP contribution is 2.48. The van der Waals surface area contributed by atoms with Crippen molar-refractivity contribution in [3.8, 4) is 11.1 Å². The lowest BCUT2D eigenvalue weighted by molar-refractivity contribution is 0.346. The summed E-state index contributed by atoms with van der Waals surface area (Å²) in [6.07, 6.45) is 12.9. The van der Waals surface area contributed by atoms with Gasteiger partial charge in [0.05, 0.1) is 5.69 Å². The van der Waals surface area contributed by atoms with Crippen LogP contribution in [0.4, 0.5) is 34.1 Å². The highest BCUT2D eigenvalue weighted by Gasteiger charge is 2.40. The maximum absolute atomic E-state index is 2.56. The van der Waals surface area contributed by atoms with Crippen LogP contribution in [-0.2, 0) is 5.41 Å². The fraction of sp³-hybridized carbons (Fsp3) is 0.250. The first-order valence-electron chi connectivity index (χ1n) is 22.3. The van der Waals surface area contributed by atoms with Crippen LogP contribution in [0.15, 0.2) is 176 Å². The predicted molar refractivity (Wildman–Crippen MR) is 254 cm³/mol. The Kier molecular flexibility index (Phi) is 10.1. The maximum Gasteiger partial charge on any atom is 0.113 e. The average molecular weight is 785 g/mol. The fourth-order valence-electron chi connectivity index (χ4n) is 11.0. The number of hydrogen-bond acceptors (Lipinski definition) is 2. The van der Waals surface area contributed by atoms with E-state index in [1.165, 1.54) is 126 Å². The van der Waals surface area contributed by atoms with Crippen molar-refractivity contribution in [3.63, 3.8) is 0 Å². The summed E-state index contributed by atoms with van der Waals surface area (Å²) in [4.78, 5) is 4.93. The lowest BCUT2D eigenvalue weighted by atomic mass is 9.65. The van der Waals surface area contributed by atoms with Gasteiger partial charge in [0.25, 0.3) is 0 Å². The Morgan fingerprint density at radius 3 is 1.49 bits per heavy atom. The molecule has 1 aliphatic heterocycles. The third kappa shape index (κ3) is 6.84. The summed E-state index contributed by atoms with van der Waals surface area (Å²) >= 11 is 0. The van der Waals surface area contributed by atoms with E-state index < -0.39 is 8.07 Å². The van der Waals surface area contributed by atoms with Gasteiger partial charge in [0.15, 0.2) is 0 Å². The second-order valence-electron chi connectivity index (χ2n) is 17.9. The van der Waals surface area contributed by atoms with E-state index in [2.05, 4.69) is 199 Å². The third-order valence-corrected chi connectivity index (χ3v) is 17.7. The Bertz CT molecular complexity index is 2470. The molecule has 2 nitrogen and oxygen atoms in total. The molecule has 0 saturated heterocycles. The van der Waals surface area contributed by atoms with E-state index in [9.17, 15) is 0 Å². The second-order valence-corrected chi connectivity index (χ2v) is 22.2. The van der Waals surface area contributed by atoms with E-state index in [0.717, 1.165) is 0 Å². The zero-order valence-corrected chi connectivity index (χ0v) is 35.8. The molecular formula is C56H56N2Si. The molecule has 294 valence electrons. The molecule has 0 unspecified atom stereocenters. The summed E-state index contributed by atoms with van der Waals surface area (Å²) in [7, 11) is -1.85. The molecule has 1 heterocycles. The van der Waals surface area contributed by atoms with Crippen molar-refractivity contribution in [2.45, 2.75) is 88.6 Å². The first-order chi connectivity index (χ1) is 29.0. The molecule has 2 saturated carbocycles. The lowest BCUT2D eigenvalue weighted by Crippen LogP contribution is -2.49. The van der Waals surface area contributed by atoms with Gasteiger partial charge in [-0.15, -0.1) is 0 Å². The number of rotatable bonds is 9. The molecule has 10 rings (SSSR count). The molecule has 0 aromatic heterocycles. The zero-order valence-electron chi connectivity index (χ0n) is 34.8. The summed E-state index contributed by atoms with van der Waals surface area (Å²) in [5, 5.41) is 3.09. The Morgan fingerprint density at radius 1 is 0.424 bits per heavy atom. The molecule has 7 aromatic rings. The van der Waals surface area contributed by atoms with Gasteiger partial charge in [-0.1, -0.05) is 161 Å². The summed E-state index contributed by atoms with van der Waals surface area (Å²) < 4.78 is 0. The van der Waals surface area contributed by atoms with Gasteiger partial charge >= 0.3 is 0 Å². The number of benzene rings is 7. The van der Waals surface area contributed by atoms with Crippen LogP contribution in [0.3, 0.4) is 0 Å². The van der Waals surface area contributed by atoms with Crippen molar-refractivity contribution >= 4 is 52.6 Å². The second kappa shape index (κ2) is 15.8. The van der Waals surface area contributed by atoms with Crippen LogP contribution in [-0.4, -0.2) is 8.07 Å². The minimum atomic E-state index is -1.85. The Morgan fingerprint density at radius 2 is 0.898 bits per heavy atom. The number of nitrogens with zero attached hydrogens (tertiary/aromatic N) is 2. The van der Waals surface area contributed by atoms with Crippen molar-refractivity contribution in [2.24, 2.45) is 0 Å². The van der Waals surface area contributed by atoms with E-state index in [0.29, 0.717) is 5.92 Å². The SMILES string of the molecule is C[Si]1(C)c2ccccc2-c2c(N(c3ccc(C4CCCCC4)cc3)c3ccc(C4(c5ccc(N(c6ccccc6)c6ccccc6)cc5)CCCCC4)cc3)cccc21. The highest BCUT2D eigenvalue weighted by molar-refractivity contribution is 7.04. The van der Waals surface area contributed by atoms with Gasteiger partial charge in [-0.25, -0.2) is 0 Å². The van der Waals surface area contributed by atoms with Crippen molar-refractivity contribution in [3.05, 3.63) is 193 Å². The fourth-order valence-corrected chi connectivity index (χ4v) is 14.1. The molecule has 3 heteroatoms. The predicted octanol–water partition coefficient (Wildman–Crippen LogP) is 14.7. The van der Waals surface area contributed by atoms with Crippen molar-refractivity contribution in [1.29, 1.82) is 0 Å². The molecule has 0 atom stereocenters.